The molecule has 0 bridgehead atoms. The van der Waals surface area contributed by atoms with Crippen LogP contribution >= 0.6 is 0 Å². The molecular weight excluding hydrogens is 408 g/mol. The summed E-state index contributed by atoms with van der Waals surface area (Å²) in [5.41, 5.74) is 9.45. The maximum atomic E-state index is 5.01. The summed E-state index contributed by atoms with van der Waals surface area (Å²) in [6, 6.07) is 11.5. The summed E-state index contributed by atoms with van der Waals surface area (Å²) in [7, 11) is 0. The number of fused-ring (bicyclic) bond motifs is 3. The van der Waals surface area contributed by atoms with Crippen molar-refractivity contribution < 1.29 is 0 Å². The topological polar surface area (TPSA) is 72.3 Å². The Balaban J connectivity index is 1.33. The SMILES string of the molecule is Cc1cc(C)c2c3c(n(Cc4ccc([C@H]5CCCC[C@@H]5c5nn[nH]n5)cc4)c2n1)CCCC3. The highest BCUT2D eigenvalue weighted by Crippen LogP contribution is 2.42. The maximum Gasteiger partial charge on any atom is 0.178 e. The first-order chi connectivity index (χ1) is 16.2. The van der Waals surface area contributed by atoms with Gasteiger partial charge in [-0.25, -0.2) is 4.98 Å². The Morgan fingerprint density at radius 3 is 2.55 bits per heavy atom. The first-order valence-electron chi connectivity index (χ1n) is 12.5. The monoisotopic (exact) mass is 440 g/mol. The fourth-order valence-corrected chi connectivity index (χ4v) is 6.36. The Hall–Kier alpha value is -3.02. The van der Waals surface area contributed by atoms with Crippen molar-refractivity contribution in [3.63, 3.8) is 0 Å². The molecule has 0 unspecified atom stereocenters. The van der Waals surface area contributed by atoms with Crippen LogP contribution < -0.4 is 0 Å². The number of aromatic amines is 1. The fraction of sp³-hybridized carbons (Fsp3) is 0.481. The number of hydrogen-bond acceptors (Lipinski definition) is 4. The molecule has 1 saturated carbocycles. The van der Waals surface area contributed by atoms with Crippen molar-refractivity contribution in [3.8, 4) is 0 Å². The molecule has 33 heavy (non-hydrogen) atoms. The molecule has 0 radical (unpaired) electrons. The molecule has 3 aromatic heterocycles. The van der Waals surface area contributed by atoms with Crippen LogP contribution in [0.4, 0.5) is 0 Å². The third-order valence-corrected chi connectivity index (χ3v) is 7.86. The van der Waals surface area contributed by atoms with Crippen molar-refractivity contribution in [1.82, 2.24) is 30.2 Å². The van der Waals surface area contributed by atoms with Gasteiger partial charge >= 0.3 is 0 Å². The average Bonchev–Trinajstić information content (AvgIpc) is 3.47. The lowest BCUT2D eigenvalue weighted by molar-refractivity contribution is 0.373. The second-order valence-corrected chi connectivity index (χ2v) is 10.0. The first kappa shape index (κ1) is 20.6. The van der Waals surface area contributed by atoms with E-state index in [-0.39, 0.29) is 0 Å². The third-order valence-electron chi connectivity index (χ3n) is 7.86. The van der Waals surface area contributed by atoms with E-state index in [1.807, 2.05) is 0 Å². The number of rotatable bonds is 4. The zero-order valence-corrected chi connectivity index (χ0v) is 19.6. The molecule has 1 N–H and O–H groups in total. The van der Waals surface area contributed by atoms with E-state index in [2.05, 4.69) is 69.4 Å². The van der Waals surface area contributed by atoms with Crippen LogP contribution in [0.2, 0.25) is 0 Å². The van der Waals surface area contributed by atoms with E-state index in [1.54, 1.807) is 5.56 Å². The molecular formula is C27H32N6. The zero-order chi connectivity index (χ0) is 22.4. The van der Waals surface area contributed by atoms with E-state index >= 15 is 0 Å². The third kappa shape index (κ3) is 3.65. The minimum atomic E-state index is 0.360. The van der Waals surface area contributed by atoms with Gasteiger partial charge in [-0.1, -0.05) is 42.3 Å². The number of nitrogens with one attached hydrogen (secondary N) is 1. The minimum absolute atomic E-state index is 0.360. The summed E-state index contributed by atoms with van der Waals surface area (Å²) in [6.45, 7) is 5.25. The van der Waals surface area contributed by atoms with Gasteiger partial charge in [-0.05, 0) is 86.6 Å². The van der Waals surface area contributed by atoms with Crippen molar-refractivity contribution >= 4 is 11.0 Å². The molecule has 0 amide bonds. The minimum Gasteiger partial charge on any atom is -0.325 e. The van der Waals surface area contributed by atoms with Crippen LogP contribution in [0.3, 0.4) is 0 Å². The molecule has 4 aromatic rings. The van der Waals surface area contributed by atoms with Crippen LogP contribution in [0.5, 0.6) is 0 Å². The van der Waals surface area contributed by atoms with E-state index < -0.39 is 0 Å². The summed E-state index contributed by atoms with van der Waals surface area (Å²) < 4.78 is 2.50. The molecule has 0 aliphatic heterocycles. The van der Waals surface area contributed by atoms with E-state index in [4.69, 9.17) is 4.98 Å². The highest BCUT2D eigenvalue weighted by atomic mass is 15.5. The summed E-state index contributed by atoms with van der Waals surface area (Å²) in [6.07, 6.45) is 9.75. The van der Waals surface area contributed by atoms with Gasteiger partial charge in [0.2, 0.25) is 0 Å². The molecule has 6 heteroatoms. The normalized spacial score (nSPS) is 20.8. The number of hydrogen-bond donors (Lipinski definition) is 1. The molecule has 2 aliphatic carbocycles. The quantitative estimate of drug-likeness (QED) is 0.452. The summed E-state index contributed by atoms with van der Waals surface area (Å²) >= 11 is 0. The van der Waals surface area contributed by atoms with Gasteiger partial charge in [-0.15, -0.1) is 10.2 Å². The zero-order valence-electron chi connectivity index (χ0n) is 19.6. The van der Waals surface area contributed by atoms with E-state index in [1.165, 1.54) is 71.9 Å². The van der Waals surface area contributed by atoms with Gasteiger partial charge in [-0.3, -0.25) is 0 Å². The average molecular weight is 441 g/mol. The van der Waals surface area contributed by atoms with Crippen molar-refractivity contribution in [2.24, 2.45) is 0 Å². The molecule has 2 aliphatic rings. The highest BCUT2D eigenvalue weighted by Gasteiger charge is 2.30. The second-order valence-electron chi connectivity index (χ2n) is 10.0. The second kappa shape index (κ2) is 8.40. The van der Waals surface area contributed by atoms with E-state index in [0.29, 0.717) is 11.8 Å². The van der Waals surface area contributed by atoms with Crippen LogP contribution in [-0.2, 0) is 19.4 Å². The van der Waals surface area contributed by atoms with Crippen LogP contribution in [0.25, 0.3) is 11.0 Å². The van der Waals surface area contributed by atoms with Crippen LogP contribution in [0, 0.1) is 13.8 Å². The van der Waals surface area contributed by atoms with Crippen molar-refractivity contribution in [2.75, 3.05) is 0 Å². The molecule has 0 saturated heterocycles. The Labute approximate surface area is 194 Å². The largest absolute Gasteiger partial charge is 0.325 e. The molecule has 6 nitrogen and oxygen atoms in total. The van der Waals surface area contributed by atoms with Crippen LogP contribution in [-0.4, -0.2) is 30.2 Å². The molecule has 6 rings (SSSR count). The van der Waals surface area contributed by atoms with Gasteiger partial charge in [-0.2, -0.15) is 5.21 Å². The Morgan fingerprint density at radius 1 is 0.970 bits per heavy atom. The highest BCUT2D eigenvalue weighted by molar-refractivity contribution is 5.86. The Bertz CT molecular complexity index is 1270. The first-order valence-corrected chi connectivity index (χ1v) is 12.5. The predicted octanol–water partition coefficient (Wildman–Crippen LogP) is 5.53. The predicted molar refractivity (Wildman–Crippen MR) is 130 cm³/mol. The van der Waals surface area contributed by atoms with Crippen LogP contribution in [0.1, 0.15) is 89.8 Å². The van der Waals surface area contributed by atoms with Crippen LogP contribution in [0.15, 0.2) is 30.3 Å². The number of nitrogens with zero attached hydrogens (tertiary/aromatic N) is 5. The lowest BCUT2D eigenvalue weighted by Gasteiger charge is -2.29. The molecule has 1 fully saturated rings. The number of aromatic nitrogens is 6. The molecule has 2 atom stereocenters. The Kier molecular flexibility index (Phi) is 5.24. The smallest absolute Gasteiger partial charge is 0.178 e. The summed E-state index contributed by atoms with van der Waals surface area (Å²) in [5.74, 6) is 1.70. The molecule has 0 spiro atoms. The Morgan fingerprint density at radius 2 is 1.76 bits per heavy atom. The van der Waals surface area contributed by atoms with Gasteiger partial charge in [0.15, 0.2) is 5.82 Å². The lowest BCUT2D eigenvalue weighted by atomic mass is 9.75. The fourth-order valence-electron chi connectivity index (χ4n) is 6.36. The van der Waals surface area contributed by atoms with E-state index in [0.717, 1.165) is 30.9 Å². The number of aryl methyl sites for hydroxylation is 3. The van der Waals surface area contributed by atoms with Crippen molar-refractivity contribution in [3.05, 3.63) is 69.8 Å². The molecule has 1 aromatic carbocycles. The van der Waals surface area contributed by atoms with Gasteiger partial charge in [0.1, 0.15) is 5.65 Å². The van der Waals surface area contributed by atoms with Gasteiger partial charge in [0.05, 0.1) is 0 Å². The van der Waals surface area contributed by atoms with Crippen molar-refractivity contribution in [1.29, 1.82) is 0 Å². The van der Waals surface area contributed by atoms with Gasteiger partial charge in [0, 0.05) is 29.2 Å². The molecule has 3 heterocycles. The number of benzene rings is 1. The van der Waals surface area contributed by atoms with E-state index in [9.17, 15) is 0 Å². The number of H-pyrrole nitrogens is 1. The molecule has 170 valence electrons. The lowest BCUT2D eigenvalue weighted by Crippen LogP contribution is -2.17. The van der Waals surface area contributed by atoms with Gasteiger partial charge < -0.3 is 4.57 Å². The summed E-state index contributed by atoms with van der Waals surface area (Å²) in [4.78, 5) is 5.01. The van der Waals surface area contributed by atoms with Gasteiger partial charge in [0.25, 0.3) is 0 Å². The number of tetrazole rings is 1. The maximum absolute atomic E-state index is 5.01. The summed E-state index contributed by atoms with van der Waals surface area (Å²) in [5, 5.41) is 16.5. The number of pyridine rings is 1. The standard InChI is InChI=1S/C27H32N6/c1-17-15-18(2)28-27-25(17)23-9-5-6-10-24(23)33(27)16-19-11-13-20(14-12-19)21-7-3-4-8-22(21)26-29-31-32-30-26/h11-15,21-22H,3-10,16H2,1-2H3,(H,29,30,31,32)/t21-,22+/m1/s1. The van der Waals surface area contributed by atoms with Crippen molar-refractivity contribution in [2.45, 2.75) is 83.6 Å².